The van der Waals surface area contributed by atoms with Crippen molar-refractivity contribution in [3.63, 3.8) is 0 Å². The molecular formula is C4H10ClFeO-. The van der Waals surface area contributed by atoms with E-state index in [2.05, 4.69) is 6.92 Å². The van der Waals surface area contributed by atoms with Crippen LogP contribution in [0.3, 0.4) is 0 Å². The van der Waals surface area contributed by atoms with E-state index in [1.54, 1.807) is 0 Å². The van der Waals surface area contributed by atoms with Gasteiger partial charge in [0.25, 0.3) is 0 Å². The Labute approximate surface area is 61.4 Å². The molecule has 0 fully saturated rings. The zero-order valence-corrected chi connectivity index (χ0v) is 6.16. The van der Waals surface area contributed by atoms with E-state index in [0.29, 0.717) is 6.61 Å². The molecule has 1 nitrogen and oxygen atoms in total. The van der Waals surface area contributed by atoms with Gasteiger partial charge in [-0.2, -0.15) is 0 Å². The minimum atomic E-state index is 0. The molecule has 0 spiro atoms. The second-order valence-corrected chi connectivity index (χ2v) is 1.08. The standard InChI is InChI=1S/C4H10O.ClH.Fe/c1-2-3-4-5;;/h5H,2-4H2,1H3;1H;/p-1. The van der Waals surface area contributed by atoms with Crippen molar-refractivity contribution in [3.8, 4) is 0 Å². The van der Waals surface area contributed by atoms with Crippen LogP contribution >= 0.6 is 0 Å². The van der Waals surface area contributed by atoms with Gasteiger partial charge < -0.3 is 17.5 Å². The van der Waals surface area contributed by atoms with Crippen LogP contribution in [-0.2, 0) is 17.1 Å². The number of unbranched alkanes of at least 4 members (excludes halogenated alkanes) is 1. The molecule has 0 aromatic rings. The maximum Gasteiger partial charge on any atom is 0.0430 e. The van der Waals surface area contributed by atoms with E-state index in [-0.39, 0.29) is 29.5 Å². The molecular weight excluding hydrogens is 155 g/mol. The molecule has 0 heterocycles. The molecule has 0 amide bonds. The number of hydrogen-bond acceptors (Lipinski definition) is 1. The van der Waals surface area contributed by atoms with Gasteiger partial charge in [0.2, 0.25) is 0 Å². The predicted molar refractivity (Wildman–Crippen MR) is 22.0 cm³/mol. The summed E-state index contributed by atoms with van der Waals surface area (Å²) in [6.45, 7) is 2.40. The summed E-state index contributed by atoms with van der Waals surface area (Å²) in [5.74, 6) is 0. The van der Waals surface area contributed by atoms with Gasteiger partial charge in [0.1, 0.15) is 0 Å². The van der Waals surface area contributed by atoms with Crippen molar-refractivity contribution in [1.82, 2.24) is 0 Å². The van der Waals surface area contributed by atoms with Crippen LogP contribution in [0, 0.1) is 0 Å². The van der Waals surface area contributed by atoms with E-state index in [0.717, 1.165) is 12.8 Å². The van der Waals surface area contributed by atoms with Crippen molar-refractivity contribution in [2.45, 2.75) is 19.8 Å². The molecule has 0 aromatic carbocycles. The predicted octanol–water partition coefficient (Wildman–Crippen LogP) is -2.22. The summed E-state index contributed by atoms with van der Waals surface area (Å²) >= 11 is 0. The molecule has 0 aliphatic heterocycles. The molecule has 1 N–H and O–H groups in total. The van der Waals surface area contributed by atoms with E-state index in [1.807, 2.05) is 0 Å². The van der Waals surface area contributed by atoms with Crippen molar-refractivity contribution >= 4 is 0 Å². The Morgan fingerprint density at radius 3 is 1.86 bits per heavy atom. The van der Waals surface area contributed by atoms with Crippen LogP contribution in [0.2, 0.25) is 0 Å². The molecule has 0 aromatic heterocycles. The molecule has 7 heavy (non-hydrogen) atoms. The van der Waals surface area contributed by atoms with E-state index in [1.165, 1.54) is 0 Å². The maximum absolute atomic E-state index is 8.07. The second-order valence-electron chi connectivity index (χ2n) is 1.08. The number of hydrogen-bond donors (Lipinski definition) is 1. The molecule has 3 heteroatoms. The monoisotopic (exact) mass is 165 g/mol. The third kappa shape index (κ3) is 20.1. The molecule has 0 bridgehead atoms. The first-order valence-electron chi connectivity index (χ1n) is 2.02. The molecule has 0 radical (unpaired) electrons. The van der Waals surface area contributed by atoms with Gasteiger partial charge in [-0.25, -0.2) is 0 Å². The van der Waals surface area contributed by atoms with Crippen LogP contribution in [0.1, 0.15) is 19.8 Å². The minimum absolute atomic E-state index is 0. The first-order valence-corrected chi connectivity index (χ1v) is 2.02. The smallest absolute Gasteiger partial charge is 0.0430 e. The zero-order chi connectivity index (χ0) is 4.12. The van der Waals surface area contributed by atoms with Crippen LogP contribution in [-0.4, -0.2) is 11.7 Å². The number of aliphatic hydroxyl groups is 1. The number of aliphatic hydroxyl groups excluding tert-OH is 1. The Bertz CT molecular complexity index is 19.2. The summed E-state index contributed by atoms with van der Waals surface area (Å²) < 4.78 is 0. The Hall–Kier alpha value is 0.769. The molecule has 0 atom stereocenters. The summed E-state index contributed by atoms with van der Waals surface area (Å²) in [6.07, 6.45) is 2.04. The van der Waals surface area contributed by atoms with Crippen LogP contribution in [0.15, 0.2) is 0 Å². The van der Waals surface area contributed by atoms with Crippen molar-refractivity contribution in [1.29, 1.82) is 0 Å². The third-order valence-corrected chi connectivity index (χ3v) is 0.512. The number of rotatable bonds is 2. The second kappa shape index (κ2) is 15.9. The summed E-state index contributed by atoms with van der Waals surface area (Å²) in [7, 11) is 0. The average Bonchev–Trinajstić information content (AvgIpc) is 1.41. The Morgan fingerprint density at radius 1 is 1.43 bits per heavy atom. The molecule has 0 saturated carbocycles. The third-order valence-electron chi connectivity index (χ3n) is 0.512. The summed E-state index contributed by atoms with van der Waals surface area (Å²) in [5.41, 5.74) is 0. The van der Waals surface area contributed by atoms with Crippen molar-refractivity contribution in [2.24, 2.45) is 0 Å². The Kier molecular flexibility index (Phi) is 35.5. The molecule has 0 aliphatic rings. The van der Waals surface area contributed by atoms with E-state index in [9.17, 15) is 0 Å². The van der Waals surface area contributed by atoms with Crippen LogP contribution in [0.4, 0.5) is 0 Å². The minimum Gasteiger partial charge on any atom is -1.00 e. The first kappa shape index (κ1) is 15.7. The SMILES string of the molecule is CCCCO.[Cl-].[Fe]. The van der Waals surface area contributed by atoms with Crippen molar-refractivity contribution < 1.29 is 34.6 Å². The van der Waals surface area contributed by atoms with E-state index in [4.69, 9.17) is 5.11 Å². The fourth-order valence-corrected chi connectivity index (χ4v) is 0.158. The van der Waals surface area contributed by atoms with Gasteiger partial charge in [-0.05, 0) is 6.42 Å². The summed E-state index contributed by atoms with van der Waals surface area (Å²) in [6, 6.07) is 0. The van der Waals surface area contributed by atoms with Crippen LogP contribution < -0.4 is 12.4 Å². The summed E-state index contributed by atoms with van der Waals surface area (Å²) in [5, 5.41) is 8.07. The Morgan fingerprint density at radius 2 is 1.86 bits per heavy atom. The molecule has 0 aliphatic carbocycles. The molecule has 0 unspecified atom stereocenters. The quantitative estimate of drug-likeness (QED) is 0.460. The fraction of sp³-hybridized carbons (Fsp3) is 1.00. The normalized spacial score (nSPS) is 6.00. The summed E-state index contributed by atoms with van der Waals surface area (Å²) in [4.78, 5) is 0. The van der Waals surface area contributed by atoms with Crippen LogP contribution in [0.25, 0.3) is 0 Å². The molecule has 0 rings (SSSR count). The van der Waals surface area contributed by atoms with Gasteiger partial charge in [-0.15, -0.1) is 0 Å². The topological polar surface area (TPSA) is 20.2 Å². The van der Waals surface area contributed by atoms with Crippen molar-refractivity contribution in [3.05, 3.63) is 0 Å². The van der Waals surface area contributed by atoms with E-state index >= 15 is 0 Å². The van der Waals surface area contributed by atoms with Crippen LogP contribution in [0.5, 0.6) is 0 Å². The average molecular weight is 165 g/mol. The Balaban J connectivity index is -0.0000000800. The van der Waals surface area contributed by atoms with E-state index < -0.39 is 0 Å². The largest absolute Gasteiger partial charge is 1.00 e. The van der Waals surface area contributed by atoms with Gasteiger partial charge in [0, 0.05) is 23.7 Å². The number of halogens is 1. The van der Waals surface area contributed by atoms with Crippen molar-refractivity contribution in [2.75, 3.05) is 6.61 Å². The van der Waals surface area contributed by atoms with Gasteiger partial charge in [0.15, 0.2) is 0 Å². The zero-order valence-electron chi connectivity index (χ0n) is 4.30. The van der Waals surface area contributed by atoms with Gasteiger partial charge >= 0.3 is 0 Å². The van der Waals surface area contributed by atoms with Gasteiger partial charge in [0.05, 0.1) is 0 Å². The van der Waals surface area contributed by atoms with Gasteiger partial charge in [-0.3, -0.25) is 0 Å². The van der Waals surface area contributed by atoms with Gasteiger partial charge in [-0.1, -0.05) is 13.3 Å². The molecule has 0 saturated heterocycles. The molecule has 48 valence electrons. The maximum atomic E-state index is 8.07. The first-order chi connectivity index (χ1) is 2.41. The fourth-order valence-electron chi connectivity index (χ4n) is 0.158.